The first-order chi connectivity index (χ1) is 14.4. The molecule has 9 heteroatoms. The number of halogens is 1. The van der Waals surface area contributed by atoms with Crippen molar-refractivity contribution in [2.75, 3.05) is 5.32 Å². The molecule has 3 rings (SSSR count). The van der Waals surface area contributed by atoms with E-state index in [1.54, 1.807) is 0 Å². The van der Waals surface area contributed by atoms with E-state index in [-0.39, 0.29) is 10.6 Å². The van der Waals surface area contributed by atoms with Crippen LogP contribution in [0.5, 0.6) is 5.75 Å². The SMILES string of the molecule is CCC(Nc1cccc2ccccc12)C(=O)NN=Cc1cc(Cl)cc([N+](=O)[O-])c1O. The molecule has 0 spiro atoms. The van der Waals surface area contributed by atoms with Gasteiger partial charge in [-0.15, -0.1) is 0 Å². The number of hydrazone groups is 1. The summed E-state index contributed by atoms with van der Waals surface area (Å²) in [7, 11) is 0. The molecule has 1 unspecified atom stereocenters. The van der Waals surface area contributed by atoms with Crippen LogP contribution in [0.4, 0.5) is 11.4 Å². The van der Waals surface area contributed by atoms with Crippen molar-refractivity contribution in [3.8, 4) is 5.75 Å². The van der Waals surface area contributed by atoms with Crippen LogP contribution in [0.1, 0.15) is 18.9 Å². The van der Waals surface area contributed by atoms with Crippen LogP contribution in [0, 0.1) is 10.1 Å². The number of phenolic OH excluding ortho intramolecular Hbond substituents is 1. The Morgan fingerprint density at radius 1 is 1.27 bits per heavy atom. The van der Waals surface area contributed by atoms with Crippen LogP contribution in [0.25, 0.3) is 10.8 Å². The van der Waals surface area contributed by atoms with Gasteiger partial charge >= 0.3 is 5.69 Å². The van der Waals surface area contributed by atoms with Crippen molar-refractivity contribution in [2.24, 2.45) is 5.10 Å². The van der Waals surface area contributed by atoms with Gasteiger partial charge in [0.1, 0.15) is 6.04 Å². The van der Waals surface area contributed by atoms with Gasteiger partial charge in [0.25, 0.3) is 5.91 Å². The molecule has 0 bridgehead atoms. The fourth-order valence-corrected chi connectivity index (χ4v) is 3.20. The quantitative estimate of drug-likeness (QED) is 0.293. The number of carbonyl (C=O) groups is 1. The Morgan fingerprint density at radius 3 is 2.73 bits per heavy atom. The van der Waals surface area contributed by atoms with Crippen LogP contribution < -0.4 is 10.7 Å². The molecule has 8 nitrogen and oxygen atoms in total. The predicted octanol–water partition coefficient (Wildman–Crippen LogP) is 4.45. The Balaban J connectivity index is 1.74. The van der Waals surface area contributed by atoms with Gasteiger partial charge in [-0.2, -0.15) is 5.10 Å². The second-order valence-electron chi connectivity index (χ2n) is 6.49. The molecule has 3 aromatic rings. The molecule has 0 aromatic heterocycles. The van der Waals surface area contributed by atoms with Crippen LogP contribution in [0.2, 0.25) is 5.02 Å². The summed E-state index contributed by atoms with van der Waals surface area (Å²) in [4.78, 5) is 22.8. The number of anilines is 1. The van der Waals surface area contributed by atoms with Crippen molar-refractivity contribution in [3.05, 3.63) is 75.3 Å². The molecular formula is C21H19ClN4O4. The van der Waals surface area contributed by atoms with Gasteiger partial charge in [0.15, 0.2) is 0 Å². The average Bonchev–Trinajstić information content (AvgIpc) is 2.73. The third-order valence-corrected chi connectivity index (χ3v) is 4.72. The fourth-order valence-electron chi connectivity index (χ4n) is 2.98. The van der Waals surface area contributed by atoms with E-state index in [9.17, 15) is 20.0 Å². The van der Waals surface area contributed by atoms with Crippen LogP contribution in [0.3, 0.4) is 0 Å². The summed E-state index contributed by atoms with van der Waals surface area (Å²) in [5.74, 6) is -0.971. The lowest BCUT2D eigenvalue weighted by atomic mass is 10.1. The van der Waals surface area contributed by atoms with Gasteiger partial charge < -0.3 is 10.4 Å². The summed E-state index contributed by atoms with van der Waals surface area (Å²) in [5, 5.41) is 30.1. The van der Waals surface area contributed by atoms with E-state index in [0.717, 1.165) is 28.7 Å². The Bertz CT molecular complexity index is 1130. The first-order valence-electron chi connectivity index (χ1n) is 9.14. The molecule has 1 amide bonds. The van der Waals surface area contributed by atoms with Crippen molar-refractivity contribution in [3.63, 3.8) is 0 Å². The predicted molar refractivity (Wildman–Crippen MR) is 117 cm³/mol. The number of nitrogens with zero attached hydrogens (tertiary/aromatic N) is 2. The van der Waals surface area contributed by atoms with Crippen molar-refractivity contribution < 1.29 is 14.8 Å². The molecular weight excluding hydrogens is 408 g/mol. The molecule has 0 aliphatic rings. The molecule has 0 heterocycles. The Morgan fingerprint density at radius 2 is 2.00 bits per heavy atom. The molecule has 0 fully saturated rings. The third-order valence-electron chi connectivity index (χ3n) is 4.50. The summed E-state index contributed by atoms with van der Waals surface area (Å²) < 4.78 is 0. The molecule has 0 saturated carbocycles. The number of rotatable bonds is 7. The molecule has 154 valence electrons. The lowest BCUT2D eigenvalue weighted by molar-refractivity contribution is -0.385. The van der Waals surface area contributed by atoms with Crippen LogP contribution in [0.15, 0.2) is 59.7 Å². The first-order valence-corrected chi connectivity index (χ1v) is 9.52. The number of carbonyl (C=O) groups excluding carboxylic acids is 1. The van der Waals surface area contributed by atoms with Crippen molar-refractivity contribution in [2.45, 2.75) is 19.4 Å². The van der Waals surface area contributed by atoms with Crippen LogP contribution in [-0.4, -0.2) is 28.2 Å². The maximum atomic E-state index is 12.5. The van der Waals surface area contributed by atoms with Crippen LogP contribution >= 0.6 is 11.6 Å². The minimum atomic E-state index is -0.752. The number of aromatic hydroxyl groups is 1. The number of fused-ring (bicyclic) bond motifs is 1. The smallest absolute Gasteiger partial charge is 0.312 e. The second kappa shape index (κ2) is 9.23. The van der Waals surface area contributed by atoms with E-state index >= 15 is 0 Å². The van der Waals surface area contributed by atoms with Gasteiger partial charge in [0, 0.05) is 27.7 Å². The lowest BCUT2D eigenvalue weighted by Crippen LogP contribution is -2.36. The number of amides is 1. The zero-order valence-corrected chi connectivity index (χ0v) is 16.8. The van der Waals surface area contributed by atoms with E-state index < -0.39 is 28.3 Å². The van der Waals surface area contributed by atoms with Gasteiger partial charge in [-0.3, -0.25) is 14.9 Å². The van der Waals surface area contributed by atoms with Gasteiger partial charge in [-0.25, -0.2) is 5.43 Å². The highest BCUT2D eigenvalue weighted by Gasteiger charge is 2.19. The van der Waals surface area contributed by atoms with Gasteiger partial charge in [-0.05, 0) is 23.9 Å². The Hall–Kier alpha value is -3.65. The molecule has 0 saturated heterocycles. The first kappa shape index (κ1) is 21.1. The maximum absolute atomic E-state index is 12.5. The molecule has 3 aromatic carbocycles. The van der Waals surface area contributed by atoms with Gasteiger partial charge in [0.2, 0.25) is 5.75 Å². The third kappa shape index (κ3) is 4.66. The summed E-state index contributed by atoms with van der Waals surface area (Å²) in [6, 6.07) is 15.4. The Kier molecular flexibility index (Phi) is 6.48. The van der Waals surface area contributed by atoms with Gasteiger partial charge in [0.05, 0.1) is 11.1 Å². The number of hydrogen-bond acceptors (Lipinski definition) is 6. The zero-order valence-electron chi connectivity index (χ0n) is 16.0. The summed E-state index contributed by atoms with van der Waals surface area (Å²) in [6.07, 6.45) is 1.61. The summed E-state index contributed by atoms with van der Waals surface area (Å²) in [6.45, 7) is 1.86. The number of benzene rings is 3. The van der Waals surface area contributed by atoms with Crippen LogP contribution in [-0.2, 0) is 4.79 Å². The highest BCUT2D eigenvalue weighted by Crippen LogP contribution is 2.32. The van der Waals surface area contributed by atoms with Crippen molar-refractivity contribution in [1.29, 1.82) is 0 Å². The topological polar surface area (TPSA) is 117 Å². The molecule has 1 atom stereocenters. The number of nitro groups is 1. The number of phenols is 1. The minimum absolute atomic E-state index is 0.0181. The largest absolute Gasteiger partial charge is 0.502 e. The maximum Gasteiger partial charge on any atom is 0.312 e. The van der Waals surface area contributed by atoms with E-state index in [2.05, 4.69) is 15.8 Å². The molecule has 0 aliphatic heterocycles. The molecule has 0 radical (unpaired) electrons. The van der Waals surface area contributed by atoms with Crippen molar-refractivity contribution >= 4 is 45.9 Å². The van der Waals surface area contributed by atoms with E-state index in [0.29, 0.717) is 6.42 Å². The van der Waals surface area contributed by atoms with Gasteiger partial charge in [-0.1, -0.05) is 54.9 Å². The monoisotopic (exact) mass is 426 g/mol. The molecule has 0 aliphatic carbocycles. The number of nitro benzene ring substituents is 1. The summed E-state index contributed by atoms with van der Waals surface area (Å²) >= 11 is 5.84. The molecule has 3 N–H and O–H groups in total. The Labute approximate surface area is 177 Å². The summed E-state index contributed by atoms with van der Waals surface area (Å²) in [5.41, 5.74) is 2.69. The van der Waals surface area contributed by atoms with Crippen molar-refractivity contribution in [1.82, 2.24) is 5.43 Å². The normalized spacial score (nSPS) is 12.1. The van der Waals surface area contributed by atoms with E-state index in [4.69, 9.17) is 11.6 Å². The highest BCUT2D eigenvalue weighted by atomic mass is 35.5. The molecule has 30 heavy (non-hydrogen) atoms. The standard InChI is InChI=1S/C21H19ClN4O4/c1-2-17(24-18-9-5-7-13-6-3-4-8-16(13)18)21(28)25-23-12-14-10-15(22)11-19(20(14)27)26(29)30/h3-12,17,24,27H,2H2,1H3,(H,25,28). The highest BCUT2D eigenvalue weighted by molar-refractivity contribution is 6.31. The average molecular weight is 427 g/mol. The number of hydrogen-bond donors (Lipinski definition) is 3. The second-order valence-corrected chi connectivity index (χ2v) is 6.92. The van der Waals surface area contributed by atoms with E-state index in [1.165, 1.54) is 6.07 Å². The minimum Gasteiger partial charge on any atom is -0.502 e. The lowest BCUT2D eigenvalue weighted by Gasteiger charge is -2.18. The number of nitrogens with one attached hydrogen (secondary N) is 2. The fraction of sp³-hybridized carbons (Fsp3) is 0.143. The zero-order chi connectivity index (χ0) is 21.7. The van der Waals surface area contributed by atoms with E-state index in [1.807, 2.05) is 49.4 Å².